The van der Waals surface area contributed by atoms with Crippen molar-refractivity contribution in [3.8, 4) is 11.1 Å². The van der Waals surface area contributed by atoms with E-state index in [0.717, 1.165) is 33.4 Å². The van der Waals surface area contributed by atoms with E-state index in [0.29, 0.717) is 50.6 Å². The van der Waals surface area contributed by atoms with Crippen LogP contribution in [0.2, 0.25) is 5.02 Å². The van der Waals surface area contributed by atoms with Crippen molar-refractivity contribution in [1.82, 2.24) is 14.7 Å². The maximum absolute atomic E-state index is 14.2. The molecule has 0 bridgehead atoms. The zero-order chi connectivity index (χ0) is 31.6. The SMILES string of the molecule is CCOC(=O)c1cnn(C2CCCN(c3cc(Cl)ccc3-c3ccc(N4CCN(CC(F)(F)F)CC4)cc3)C2)c1C(F)(F)F. The molecule has 0 amide bonds. The lowest BCUT2D eigenvalue weighted by Crippen LogP contribution is -2.49. The number of carbonyl (C=O) groups is 1. The molecule has 1 aromatic heterocycles. The number of ether oxygens (including phenoxy) is 1. The predicted molar refractivity (Wildman–Crippen MR) is 155 cm³/mol. The van der Waals surface area contributed by atoms with Crippen LogP contribution in [0.1, 0.15) is 41.9 Å². The summed E-state index contributed by atoms with van der Waals surface area (Å²) in [4.78, 5) is 17.7. The largest absolute Gasteiger partial charge is 0.462 e. The number of halogens is 7. The van der Waals surface area contributed by atoms with Gasteiger partial charge in [0.2, 0.25) is 0 Å². The smallest absolute Gasteiger partial charge is 0.433 e. The number of alkyl halides is 6. The summed E-state index contributed by atoms with van der Waals surface area (Å²) in [5, 5.41) is 4.46. The van der Waals surface area contributed by atoms with Crippen LogP contribution in [-0.4, -0.2) is 79.2 Å². The van der Waals surface area contributed by atoms with Gasteiger partial charge < -0.3 is 14.5 Å². The predicted octanol–water partition coefficient (Wildman–Crippen LogP) is 6.92. The lowest BCUT2D eigenvalue weighted by Gasteiger charge is -2.37. The Bertz CT molecular complexity index is 1450. The van der Waals surface area contributed by atoms with E-state index < -0.39 is 42.2 Å². The summed E-state index contributed by atoms with van der Waals surface area (Å²) in [7, 11) is 0. The van der Waals surface area contributed by atoms with E-state index in [4.69, 9.17) is 16.3 Å². The number of benzene rings is 2. The molecule has 0 radical (unpaired) electrons. The molecule has 0 saturated carbocycles. The van der Waals surface area contributed by atoms with Crippen LogP contribution in [0.3, 0.4) is 0 Å². The Morgan fingerprint density at radius 2 is 1.68 bits per heavy atom. The van der Waals surface area contributed by atoms with Gasteiger partial charge in [-0.25, -0.2) is 4.79 Å². The van der Waals surface area contributed by atoms with Crippen molar-refractivity contribution >= 4 is 28.9 Å². The molecule has 3 heterocycles. The summed E-state index contributed by atoms with van der Waals surface area (Å²) in [6.45, 7) is 2.91. The minimum atomic E-state index is -4.81. The molecule has 1 atom stereocenters. The summed E-state index contributed by atoms with van der Waals surface area (Å²) in [6.07, 6.45) is -7.09. The monoisotopic (exact) mass is 643 g/mol. The fourth-order valence-corrected chi connectivity index (χ4v) is 6.10. The van der Waals surface area contributed by atoms with E-state index in [9.17, 15) is 31.1 Å². The Morgan fingerprint density at radius 3 is 2.32 bits per heavy atom. The fourth-order valence-electron chi connectivity index (χ4n) is 5.93. The van der Waals surface area contributed by atoms with Crippen LogP contribution >= 0.6 is 11.6 Å². The van der Waals surface area contributed by atoms with Crippen LogP contribution in [0.15, 0.2) is 48.7 Å². The van der Waals surface area contributed by atoms with Crippen LogP contribution in [-0.2, 0) is 10.9 Å². The minimum Gasteiger partial charge on any atom is -0.462 e. The molecule has 0 aliphatic carbocycles. The third kappa shape index (κ3) is 7.26. The maximum Gasteiger partial charge on any atom is 0.433 e. The van der Waals surface area contributed by atoms with E-state index in [1.54, 1.807) is 12.1 Å². The average Bonchev–Trinajstić information content (AvgIpc) is 3.44. The van der Waals surface area contributed by atoms with Gasteiger partial charge in [0.15, 0.2) is 5.69 Å². The highest BCUT2D eigenvalue weighted by atomic mass is 35.5. The van der Waals surface area contributed by atoms with Crippen LogP contribution in [0.25, 0.3) is 11.1 Å². The molecule has 2 saturated heterocycles. The number of hydrogen-bond acceptors (Lipinski definition) is 6. The van der Waals surface area contributed by atoms with Crippen LogP contribution < -0.4 is 9.80 Å². The topological polar surface area (TPSA) is 53.8 Å². The highest BCUT2D eigenvalue weighted by molar-refractivity contribution is 6.31. The zero-order valence-corrected chi connectivity index (χ0v) is 24.7. The number of piperazine rings is 1. The first-order chi connectivity index (χ1) is 20.8. The number of hydrogen-bond donors (Lipinski definition) is 0. The molecule has 7 nitrogen and oxygen atoms in total. The molecule has 2 fully saturated rings. The summed E-state index contributed by atoms with van der Waals surface area (Å²) >= 11 is 6.38. The van der Waals surface area contributed by atoms with E-state index >= 15 is 0 Å². The molecular formula is C30H32ClF6N5O2. The molecule has 1 unspecified atom stereocenters. The zero-order valence-electron chi connectivity index (χ0n) is 24.0. The Kier molecular flexibility index (Phi) is 9.36. The van der Waals surface area contributed by atoms with Crippen LogP contribution in [0, 0.1) is 0 Å². The molecule has 3 aromatic rings. The third-order valence-corrected chi connectivity index (χ3v) is 8.16. The number of anilines is 2. The number of carbonyl (C=O) groups excluding carboxylic acids is 1. The molecular weight excluding hydrogens is 612 g/mol. The lowest BCUT2D eigenvalue weighted by molar-refractivity contribution is -0.146. The van der Waals surface area contributed by atoms with E-state index in [1.165, 1.54) is 11.8 Å². The molecule has 2 aliphatic heterocycles. The molecule has 2 aliphatic rings. The van der Waals surface area contributed by atoms with Crippen molar-refractivity contribution in [3.63, 3.8) is 0 Å². The standard InChI is InChI=1S/C30H32ClF6N5O2/c1-2-44-28(43)25-17-38-42(27(25)30(35,36)37)23-4-3-11-41(18-23)26-16-21(31)7-10-24(26)20-5-8-22(9-6-20)40-14-12-39(13-15-40)19-29(32,33)34/h5-10,16-17,23H,2-4,11-15,18-19H2,1H3. The summed E-state index contributed by atoms with van der Waals surface area (Å²) in [5.41, 5.74) is 1.61. The first kappa shape index (κ1) is 32.0. The number of nitrogens with zero attached hydrogens (tertiary/aromatic N) is 5. The second kappa shape index (κ2) is 12.9. The van der Waals surface area contributed by atoms with Gasteiger partial charge in [-0.3, -0.25) is 9.58 Å². The Morgan fingerprint density at radius 1 is 0.977 bits per heavy atom. The molecule has 14 heteroatoms. The molecule has 0 spiro atoms. The van der Waals surface area contributed by atoms with Crippen molar-refractivity contribution in [2.75, 3.05) is 62.2 Å². The van der Waals surface area contributed by atoms with Crippen LogP contribution in [0.5, 0.6) is 0 Å². The number of esters is 1. The van der Waals surface area contributed by atoms with Gasteiger partial charge >= 0.3 is 18.3 Å². The summed E-state index contributed by atoms with van der Waals surface area (Å²) < 4.78 is 86.5. The number of rotatable bonds is 7. The Hall–Kier alpha value is -3.45. The van der Waals surface area contributed by atoms with Gasteiger partial charge in [-0.15, -0.1) is 0 Å². The molecule has 0 N–H and O–H groups in total. The molecule has 5 rings (SSSR count). The normalized spacial score (nSPS) is 18.5. The fraction of sp³-hybridized carbons (Fsp3) is 0.467. The van der Waals surface area contributed by atoms with Gasteiger partial charge in [-0.1, -0.05) is 29.8 Å². The van der Waals surface area contributed by atoms with Gasteiger partial charge in [0.05, 0.1) is 25.4 Å². The van der Waals surface area contributed by atoms with E-state index in [-0.39, 0.29) is 13.2 Å². The third-order valence-electron chi connectivity index (χ3n) is 7.92. The summed E-state index contributed by atoms with van der Waals surface area (Å²) in [5.74, 6) is -1.07. The molecule has 238 valence electrons. The van der Waals surface area contributed by atoms with Gasteiger partial charge in [0, 0.05) is 61.2 Å². The van der Waals surface area contributed by atoms with Crippen molar-refractivity contribution in [2.24, 2.45) is 0 Å². The average molecular weight is 644 g/mol. The number of aromatic nitrogens is 2. The highest BCUT2D eigenvalue weighted by Crippen LogP contribution is 2.40. The number of piperidine rings is 1. The first-order valence-corrected chi connectivity index (χ1v) is 14.7. The van der Waals surface area contributed by atoms with Crippen molar-refractivity contribution in [1.29, 1.82) is 0 Å². The van der Waals surface area contributed by atoms with Gasteiger partial charge in [-0.05, 0) is 49.6 Å². The van der Waals surface area contributed by atoms with Gasteiger partial charge in [0.25, 0.3) is 0 Å². The molecule has 2 aromatic carbocycles. The van der Waals surface area contributed by atoms with E-state index in [2.05, 4.69) is 5.10 Å². The Balaban J connectivity index is 1.36. The van der Waals surface area contributed by atoms with Gasteiger partial charge in [0.1, 0.15) is 5.56 Å². The first-order valence-electron chi connectivity index (χ1n) is 14.3. The van der Waals surface area contributed by atoms with Crippen molar-refractivity contribution < 1.29 is 35.9 Å². The second-order valence-electron chi connectivity index (χ2n) is 10.9. The summed E-state index contributed by atoms with van der Waals surface area (Å²) in [6, 6.07) is 12.4. The lowest BCUT2D eigenvalue weighted by atomic mass is 9.99. The van der Waals surface area contributed by atoms with Crippen LogP contribution in [0.4, 0.5) is 37.7 Å². The Labute approximate surface area is 255 Å². The quantitative estimate of drug-likeness (QED) is 0.206. The van der Waals surface area contributed by atoms with Crippen molar-refractivity contribution in [3.05, 3.63) is 64.9 Å². The highest BCUT2D eigenvalue weighted by Gasteiger charge is 2.43. The maximum atomic E-state index is 14.2. The molecule has 44 heavy (non-hydrogen) atoms. The second-order valence-corrected chi connectivity index (χ2v) is 11.3. The van der Waals surface area contributed by atoms with E-state index in [1.807, 2.05) is 40.1 Å². The van der Waals surface area contributed by atoms with Crippen molar-refractivity contribution in [2.45, 2.75) is 38.2 Å². The van der Waals surface area contributed by atoms with Gasteiger partial charge in [-0.2, -0.15) is 31.4 Å². The minimum absolute atomic E-state index is 0.0599.